The van der Waals surface area contributed by atoms with Gasteiger partial charge in [0, 0.05) is 12.6 Å². The molecule has 0 aromatic carbocycles. The van der Waals surface area contributed by atoms with Crippen LogP contribution in [0.5, 0.6) is 5.88 Å². The molecule has 0 saturated heterocycles. The number of ether oxygens (including phenoxy) is 1. The predicted octanol–water partition coefficient (Wildman–Crippen LogP) is 2.66. The molecule has 2 aromatic rings. The van der Waals surface area contributed by atoms with Gasteiger partial charge in [-0.15, -0.1) is 0 Å². The molecular formula is C16H23N5O. The zero-order valence-electron chi connectivity index (χ0n) is 13.3. The number of nitrogens with one attached hydrogen (secondary N) is 1. The smallest absolute Gasteiger partial charge is 0.242 e. The van der Waals surface area contributed by atoms with Gasteiger partial charge in [0.1, 0.15) is 11.5 Å². The highest BCUT2D eigenvalue weighted by Gasteiger charge is 2.13. The number of aromatic nitrogens is 3. The zero-order valence-corrected chi connectivity index (χ0v) is 13.3. The maximum absolute atomic E-state index is 6.12. The molecule has 3 N–H and O–H groups in total. The summed E-state index contributed by atoms with van der Waals surface area (Å²) in [5, 5.41) is 3.21. The molecule has 0 saturated carbocycles. The Labute approximate surface area is 131 Å². The summed E-state index contributed by atoms with van der Waals surface area (Å²) in [6, 6.07) is 5.78. The van der Waals surface area contributed by atoms with Gasteiger partial charge in [0.05, 0.1) is 18.8 Å². The van der Waals surface area contributed by atoms with E-state index in [1.54, 1.807) is 6.20 Å². The number of nitrogens with zero attached hydrogens (tertiary/aromatic N) is 3. The molecule has 2 heterocycles. The molecule has 0 amide bonds. The van der Waals surface area contributed by atoms with Gasteiger partial charge >= 0.3 is 0 Å². The van der Waals surface area contributed by atoms with Crippen LogP contribution < -0.4 is 15.8 Å². The first kappa shape index (κ1) is 16.0. The van der Waals surface area contributed by atoms with Gasteiger partial charge < -0.3 is 15.8 Å². The van der Waals surface area contributed by atoms with Crippen molar-refractivity contribution in [2.75, 3.05) is 17.7 Å². The van der Waals surface area contributed by atoms with E-state index >= 15 is 0 Å². The van der Waals surface area contributed by atoms with E-state index in [2.05, 4.69) is 34.1 Å². The zero-order chi connectivity index (χ0) is 15.9. The van der Waals surface area contributed by atoms with Crippen molar-refractivity contribution in [2.45, 2.75) is 33.7 Å². The van der Waals surface area contributed by atoms with E-state index in [4.69, 9.17) is 10.5 Å². The van der Waals surface area contributed by atoms with Crippen molar-refractivity contribution in [1.82, 2.24) is 15.0 Å². The van der Waals surface area contributed by atoms with E-state index in [-0.39, 0.29) is 0 Å². The second-order valence-corrected chi connectivity index (χ2v) is 5.44. The Hall–Kier alpha value is -2.37. The van der Waals surface area contributed by atoms with Crippen LogP contribution in [0.1, 0.15) is 32.3 Å². The molecule has 118 valence electrons. The van der Waals surface area contributed by atoms with Gasteiger partial charge in [-0.05, 0) is 18.1 Å². The van der Waals surface area contributed by atoms with Gasteiger partial charge in [-0.2, -0.15) is 4.98 Å². The lowest BCUT2D eigenvalue weighted by Crippen LogP contribution is -2.13. The topological polar surface area (TPSA) is 86.0 Å². The minimum absolute atomic E-state index is 0.407. The first-order chi connectivity index (χ1) is 10.6. The Morgan fingerprint density at radius 2 is 2.09 bits per heavy atom. The van der Waals surface area contributed by atoms with Crippen LogP contribution in [0, 0.1) is 5.92 Å². The third kappa shape index (κ3) is 4.31. The molecule has 0 spiro atoms. The number of nitrogens with two attached hydrogens (primary N) is 1. The highest BCUT2D eigenvalue weighted by atomic mass is 16.5. The lowest BCUT2D eigenvalue weighted by Gasteiger charge is -2.14. The van der Waals surface area contributed by atoms with Crippen molar-refractivity contribution in [2.24, 2.45) is 5.92 Å². The summed E-state index contributed by atoms with van der Waals surface area (Å²) in [5.41, 5.74) is 7.48. The fourth-order valence-electron chi connectivity index (χ4n) is 1.82. The van der Waals surface area contributed by atoms with Crippen LogP contribution in [0.4, 0.5) is 11.5 Å². The minimum atomic E-state index is 0.407. The molecule has 0 aliphatic rings. The van der Waals surface area contributed by atoms with Crippen molar-refractivity contribution in [3.05, 3.63) is 35.9 Å². The van der Waals surface area contributed by atoms with Crippen LogP contribution in [0.25, 0.3) is 0 Å². The lowest BCUT2D eigenvalue weighted by molar-refractivity contribution is 0.262. The van der Waals surface area contributed by atoms with Crippen molar-refractivity contribution >= 4 is 11.5 Å². The molecule has 0 fully saturated rings. The Bertz CT molecular complexity index is 601. The summed E-state index contributed by atoms with van der Waals surface area (Å²) in [7, 11) is 0. The third-order valence-electron chi connectivity index (χ3n) is 2.99. The summed E-state index contributed by atoms with van der Waals surface area (Å²) < 4.78 is 5.70. The van der Waals surface area contributed by atoms with E-state index in [1.807, 2.05) is 25.1 Å². The fraction of sp³-hybridized carbons (Fsp3) is 0.438. The van der Waals surface area contributed by atoms with Crippen molar-refractivity contribution in [3.63, 3.8) is 0 Å². The maximum Gasteiger partial charge on any atom is 0.242 e. The molecule has 0 aliphatic heterocycles. The summed E-state index contributed by atoms with van der Waals surface area (Å²) in [5.74, 6) is 2.15. The highest BCUT2D eigenvalue weighted by molar-refractivity contribution is 5.66. The Kier molecular flexibility index (Phi) is 5.52. The largest absolute Gasteiger partial charge is 0.476 e. The van der Waals surface area contributed by atoms with E-state index in [0.717, 1.165) is 12.1 Å². The van der Waals surface area contributed by atoms with Gasteiger partial charge in [0.2, 0.25) is 5.88 Å². The number of nitrogen functional groups attached to an aromatic ring is 1. The minimum Gasteiger partial charge on any atom is -0.476 e. The molecule has 0 atom stereocenters. The number of hydrogen-bond acceptors (Lipinski definition) is 6. The SMILES string of the molecule is CCc1nc(NCc2ccccn2)c(N)c(OCC(C)C)n1. The molecule has 0 unspecified atom stereocenters. The van der Waals surface area contributed by atoms with Crippen LogP contribution in [-0.4, -0.2) is 21.6 Å². The quantitative estimate of drug-likeness (QED) is 0.817. The maximum atomic E-state index is 6.12. The highest BCUT2D eigenvalue weighted by Crippen LogP contribution is 2.27. The Morgan fingerprint density at radius 1 is 1.27 bits per heavy atom. The summed E-state index contributed by atoms with van der Waals surface area (Å²) in [4.78, 5) is 13.1. The van der Waals surface area contributed by atoms with Crippen molar-refractivity contribution in [1.29, 1.82) is 0 Å². The average Bonchev–Trinajstić information content (AvgIpc) is 2.53. The third-order valence-corrected chi connectivity index (χ3v) is 2.99. The molecule has 0 aliphatic carbocycles. The van der Waals surface area contributed by atoms with E-state index in [0.29, 0.717) is 42.3 Å². The normalized spacial score (nSPS) is 10.7. The fourth-order valence-corrected chi connectivity index (χ4v) is 1.82. The predicted molar refractivity (Wildman–Crippen MR) is 87.7 cm³/mol. The lowest BCUT2D eigenvalue weighted by atomic mass is 10.2. The van der Waals surface area contributed by atoms with E-state index < -0.39 is 0 Å². The number of anilines is 2. The molecule has 2 aromatic heterocycles. The van der Waals surface area contributed by atoms with Crippen LogP contribution in [0.2, 0.25) is 0 Å². The summed E-state index contributed by atoms with van der Waals surface area (Å²) in [6.07, 6.45) is 2.48. The van der Waals surface area contributed by atoms with Gasteiger partial charge in [0.25, 0.3) is 0 Å². The molecule has 2 rings (SSSR count). The Morgan fingerprint density at radius 3 is 2.73 bits per heavy atom. The van der Waals surface area contributed by atoms with Crippen LogP contribution >= 0.6 is 0 Å². The number of rotatable bonds is 7. The number of aryl methyl sites for hydroxylation is 1. The number of pyridine rings is 1. The molecule has 6 heteroatoms. The van der Waals surface area contributed by atoms with Gasteiger partial charge in [-0.1, -0.05) is 26.8 Å². The molecule has 22 heavy (non-hydrogen) atoms. The van der Waals surface area contributed by atoms with Crippen molar-refractivity contribution < 1.29 is 4.74 Å². The van der Waals surface area contributed by atoms with E-state index in [1.165, 1.54) is 0 Å². The monoisotopic (exact) mass is 301 g/mol. The summed E-state index contributed by atoms with van der Waals surface area (Å²) >= 11 is 0. The molecular weight excluding hydrogens is 278 g/mol. The van der Waals surface area contributed by atoms with Gasteiger partial charge in [0.15, 0.2) is 5.82 Å². The molecule has 6 nitrogen and oxygen atoms in total. The first-order valence-electron chi connectivity index (χ1n) is 7.53. The Balaban J connectivity index is 2.16. The van der Waals surface area contributed by atoms with Crippen LogP contribution in [0.3, 0.4) is 0 Å². The standard InChI is InChI=1S/C16H23N5O/c1-4-13-20-15(19-9-12-7-5-6-8-18-12)14(17)16(21-13)22-10-11(2)3/h5-8,11H,4,9-10,17H2,1-3H3,(H,19,20,21). The summed E-state index contributed by atoms with van der Waals surface area (Å²) in [6.45, 7) is 7.29. The van der Waals surface area contributed by atoms with Gasteiger partial charge in [-0.25, -0.2) is 4.98 Å². The molecule has 0 radical (unpaired) electrons. The second kappa shape index (κ2) is 7.59. The van der Waals surface area contributed by atoms with E-state index in [9.17, 15) is 0 Å². The number of hydrogen-bond donors (Lipinski definition) is 2. The van der Waals surface area contributed by atoms with Crippen molar-refractivity contribution in [3.8, 4) is 5.88 Å². The average molecular weight is 301 g/mol. The molecule has 0 bridgehead atoms. The second-order valence-electron chi connectivity index (χ2n) is 5.44. The van der Waals surface area contributed by atoms with Crippen LogP contribution in [0.15, 0.2) is 24.4 Å². The first-order valence-corrected chi connectivity index (χ1v) is 7.53. The van der Waals surface area contributed by atoms with Crippen LogP contribution in [-0.2, 0) is 13.0 Å². The van der Waals surface area contributed by atoms with Gasteiger partial charge in [-0.3, -0.25) is 4.98 Å².